The van der Waals surface area contributed by atoms with E-state index in [1.807, 2.05) is 42.5 Å². The normalized spacial score (nSPS) is 12.7. The van der Waals surface area contributed by atoms with Gasteiger partial charge in [0.1, 0.15) is 24.8 Å². The molecule has 2 aromatic carbocycles. The lowest BCUT2D eigenvalue weighted by atomic mass is 10.2. The van der Waals surface area contributed by atoms with E-state index < -0.39 is 5.56 Å². The monoisotopic (exact) mass is 471 g/mol. The van der Waals surface area contributed by atoms with Crippen molar-refractivity contribution in [3.05, 3.63) is 86.8 Å². The molecule has 0 fully saturated rings. The third-order valence-corrected chi connectivity index (χ3v) is 5.51. The lowest BCUT2D eigenvalue weighted by molar-refractivity contribution is -0.119. The fourth-order valence-corrected chi connectivity index (χ4v) is 3.45. The van der Waals surface area contributed by atoms with Gasteiger partial charge in [0, 0.05) is 18.3 Å². The van der Waals surface area contributed by atoms with Crippen LogP contribution in [-0.4, -0.2) is 35.4 Å². The second-order valence-corrected chi connectivity index (χ2v) is 7.70. The molecular formula is C23H19Cl2N3O4. The summed E-state index contributed by atoms with van der Waals surface area (Å²) in [6.45, 7) is 0.869. The Morgan fingerprint density at radius 1 is 1.09 bits per heavy atom. The number of aromatic nitrogens is 2. The summed E-state index contributed by atoms with van der Waals surface area (Å²) in [5.74, 6) is 0.824. The number of anilines is 1. The lowest BCUT2D eigenvalue weighted by Gasteiger charge is -2.24. The van der Waals surface area contributed by atoms with Crippen LogP contribution in [0, 0.1) is 0 Å². The Morgan fingerprint density at radius 3 is 2.62 bits per heavy atom. The average molecular weight is 472 g/mol. The number of halogens is 2. The second kappa shape index (κ2) is 9.89. The number of amides is 1. The minimum Gasteiger partial charge on any atom is -0.486 e. The van der Waals surface area contributed by atoms with Gasteiger partial charge in [-0.25, -0.2) is 4.68 Å². The van der Waals surface area contributed by atoms with Gasteiger partial charge in [0.25, 0.3) is 5.56 Å². The van der Waals surface area contributed by atoms with E-state index in [-0.39, 0.29) is 29.0 Å². The topological polar surface area (TPSA) is 73.7 Å². The zero-order chi connectivity index (χ0) is 22.5. The number of ether oxygens (including phenoxy) is 2. The van der Waals surface area contributed by atoms with Crippen molar-refractivity contribution in [2.75, 3.05) is 24.7 Å². The molecule has 0 spiro atoms. The molecule has 2 heterocycles. The molecule has 4 rings (SSSR count). The van der Waals surface area contributed by atoms with Crippen LogP contribution in [0.25, 0.3) is 6.08 Å². The van der Waals surface area contributed by atoms with Crippen molar-refractivity contribution in [3.63, 3.8) is 0 Å². The van der Waals surface area contributed by atoms with E-state index >= 15 is 0 Å². The van der Waals surface area contributed by atoms with Gasteiger partial charge in [0.05, 0.1) is 11.2 Å². The van der Waals surface area contributed by atoms with Gasteiger partial charge in [0.15, 0.2) is 11.5 Å². The van der Waals surface area contributed by atoms with Gasteiger partial charge in [0.2, 0.25) is 5.91 Å². The number of carbonyl (C=O) groups is 1. The summed E-state index contributed by atoms with van der Waals surface area (Å²) in [4.78, 5) is 27.1. The maximum atomic E-state index is 13.2. The van der Waals surface area contributed by atoms with Crippen molar-refractivity contribution in [1.29, 1.82) is 0 Å². The summed E-state index contributed by atoms with van der Waals surface area (Å²) < 4.78 is 12.2. The van der Waals surface area contributed by atoms with Crippen molar-refractivity contribution in [3.8, 4) is 11.5 Å². The fourth-order valence-electron chi connectivity index (χ4n) is 3.18. The highest BCUT2D eigenvalue weighted by Gasteiger charge is 2.20. The molecule has 1 aromatic heterocycles. The molecule has 0 saturated heterocycles. The molecule has 1 amide bonds. The van der Waals surface area contributed by atoms with Crippen LogP contribution in [0.1, 0.15) is 5.56 Å². The Bertz CT molecular complexity index is 1210. The molecule has 0 atom stereocenters. The van der Waals surface area contributed by atoms with Crippen molar-refractivity contribution in [2.45, 2.75) is 6.54 Å². The minimum absolute atomic E-state index is 0.0369. The zero-order valence-corrected chi connectivity index (χ0v) is 18.4. The van der Waals surface area contributed by atoms with E-state index in [2.05, 4.69) is 5.10 Å². The van der Waals surface area contributed by atoms with Crippen molar-refractivity contribution in [1.82, 2.24) is 9.78 Å². The first-order valence-corrected chi connectivity index (χ1v) is 10.6. The van der Waals surface area contributed by atoms with Crippen LogP contribution in [0.15, 0.2) is 65.6 Å². The number of rotatable bonds is 6. The van der Waals surface area contributed by atoms with E-state index in [9.17, 15) is 9.59 Å². The van der Waals surface area contributed by atoms with Gasteiger partial charge < -0.3 is 14.4 Å². The molecular weight excluding hydrogens is 453 g/mol. The molecule has 0 N–H and O–H groups in total. The molecule has 164 valence electrons. The van der Waals surface area contributed by atoms with E-state index in [4.69, 9.17) is 32.7 Å². The quantitative estimate of drug-likeness (QED) is 0.541. The van der Waals surface area contributed by atoms with E-state index in [0.717, 1.165) is 10.2 Å². The molecule has 7 nitrogen and oxygen atoms in total. The highest BCUT2D eigenvalue weighted by Crippen LogP contribution is 2.34. The smallest absolute Gasteiger partial charge is 0.287 e. The Morgan fingerprint density at radius 2 is 1.84 bits per heavy atom. The molecule has 32 heavy (non-hydrogen) atoms. The first-order valence-electron chi connectivity index (χ1n) is 9.85. The van der Waals surface area contributed by atoms with Gasteiger partial charge in [-0.1, -0.05) is 65.7 Å². The molecule has 1 aliphatic heterocycles. The van der Waals surface area contributed by atoms with Gasteiger partial charge in [-0.2, -0.15) is 5.10 Å². The van der Waals surface area contributed by atoms with Crippen LogP contribution in [0.3, 0.4) is 0 Å². The highest BCUT2D eigenvalue weighted by atomic mass is 35.5. The van der Waals surface area contributed by atoms with E-state index in [0.29, 0.717) is 30.4 Å². The average Bonchev–Trinajstić information content (AvgIpc) is 2.82. The minimum atomic E-state index is -0.630. The first-order chi connectivity index (χ1) is 15.5. The number of carbonyl (C=O) groups excluding carboxylic acids is 1. The molecule has 0 unspecified atom stereocenters. The zero-order valence-electron chi connectivity index (χ0n) is 16.9. The van der Waals surface area contributed by atoms with Crippen molar-refractivity contribution < 1.29 is 14.3 Å². The number of hydrogen-bond donors (Lipinski definition) is 0. The molecule has 9 heteroatoms. The third-order valence-electron chi connectivity index (χ3n) is 4.76. The van der Waals surface area contributed by atoms with Crippen molar-refractivity contribution >= 4 is 40.9 Å². The van der Waals surface area contributed by atoms with Gasteiger partial charge >= 0.3 is 0 Å². The van der Waals surface area contributed by atoms with Crippen LogP contribution in [0.4, 0.5) is 5.69 Å². The molecule has 3 aromatic rings. The summed E-state index contributed by atoms with van der Waals surface area (Å²) >= 11 is 11.8. The van der Waals surface area contributed by atoms with Crippen LogP contribution < -0.4 is 19.9 Å². The Kier molecular flexibility index (Phi) is 6.78. The molecule has 0 radical (unpaired) electrons. The number of nitrogens with zero attached hydrogens (tertiary/aromatic N) is 3. The van der Waals surface area contributed by atoms with Crippen molar-refractivity contribution in [2.24, 2.45) is 0 Å². The largest absolute Gasteiger partial charge is 0.486 e. The fraction of sp³-hybridized carbons (Fsp3) is 0.174. The summed E-state index contributed by atoms with van der Waals surface area (Å²) in [7, 11) is 0. The standard InChI is InChI=1S/C23H19Cl2N3O4/c24-18-14-26-28(23(30)22(18)25)15-21(29)27(10-4-7-16-5-2-1-3-6-16)17-8-9-19-20(13-17)32-12-11-31-19/h1-9,13-14H,10-12,15H2. The van der Waals surface area contributed by atoms with Crippen LogP contribution >= 0.6 is 23.2 Å². The predicted molar refractivity (Wildman–Crippen MR) is 124 cm³/mol. The van der Waals surface area contributed by atoms with E-state index in [1.165, 1.54) is 11.1 Å². The van der Waals surface area contributed by atoms with E-state index in [1.54, 1.807) is 18.2 Å². The summed E-state index contributed by atoms with van der Waals surface area (Å²) in [6, 6.07) is 15.0. The number of benzene rings is 2. The number of hydrogen-bond acceptors (Lipinski definition) is 5. The Labute approximate surface area is 194 Å². The predicted octanol–water partition coefficient (Wildman–Crippen LogP) is 4.07. The molecule has 1 aliphatic rings. The molecule has 0 saturated carbocycles. The highest BCUT2D eigenvalue weighted by molar-refractivity contribution is 6.41. The summed E-state index contributed by atoms with van der Waals surface area (Å²) in [6.07, 6.45) is 5.03. The maximum absolute atomic E-state index is 13.2. The SMILES string of the molecule is O=C(Cn1ncc(Cl)c(Cl)c1=O)N(CC=Cc1ccccc1)c1ccc2c(c1)OCCO2. The molecule has 0 bridgehead atoms. The number of fused-ring (bicyclic) bond motifs is 1. The van der Waals surface area contributed by atoms with Gasteiger partial charge in [-0.15, -0.1) is 0 Å². The van der Waals surface area contributed by atoms with Crippen LogP contribution in [0.5, 0.6) is 11.5 Å². The second-order valence-electron chi connectivity index (χ2n) is 6.91. The first kappa shape index (κ1) is 21.9. The van der Waals surface area contributed by atoms with Crippen LogP contribution in [0.2, 0.25) is 10.0 Å². The Hall–Kier alpha value is -3.29. The third kappa shape index (κ3) is 4.95. The summed E-state index contributed by atoms with van der Waals surface area (Å²) in [5, 5.41) is 3.79. The summed E-state index contributed by atoms with van der Waals surface area (Å²) in [5.41, 5.74) is 0.976. The van der Waals surface area contributed by atoms with Gasteiger partial charge in [-0.05, 0) is 17.7 Å². The lowest BCUT2D eigenvalue weighted by Crippen LogP contribution is -2.37. The van der Waals surface area contributed by atoms with Crippen LogP contribution in [-0.2, 0) is 11.3 Å². The maximum Gasteiger partial charge on any atom is 0.287 e. The Balaban J connectivity index is 1.62. The van der Waals surface area contributed by atoms with Gasteiger partial charge in [-0.3, -0.25) is 9.59 Å². The molecule has 0 aliphatic carbocycles.